The topological polar surface area (TPSA) is 67.2 Å². The molecule has 5 nitrogen and oxygen atoms in total. The van der Waals surface area contributed by atoms with Crippen molar-refractivity contribution in [1.82, 2.24) is 10.3 Å². The highest BCUT2D eigenvalue weighted by atomic mass is 19.4. The number of hydrogen-bond acceptors (Lipinski definition) is 4. The third-order valence-corrected chi connectivity index (χ3v) is 2.87. The van der Waals surface area contributed by atoms with Crippen LogP contribution in [0.1, 0.15) is 18.2 Å². The number of alkyl halides is 3. The van der Waals surface area contributed by atoms with Gasteiger partial charge in [0, 0.05) is 6.20 Å². The van der Waals surface area contributed by atoms with Crippen LogP contribution in [0.5, 0.6) is 0 Å². The molecule has 0 fully saturated rings. The standard InChI is InChI=1S/C14H14F3N3O2/c1-9(13(21)19-8-11-3-2-6-22-11)20-12-5-4-10(7-18-12)14(15,16)17/h2-7,9H,8H2,1H3,(H,18,20)(H,19,21). The van der Waals surface area contributed by atoms with E-state index in [2.05, 4.69) is 15.6 Å². The minimum Gasteiger partial charge on any atom is -0.467 e. The van der Waals surface area contributed by atoms with Crippen LogP contribution in [-0.4, -0.2) is 16.9 Å². The molecule has 2 heterocycles. The van der Waals surface area contributed by atoms with Crippen LogP contribution in [0.2, 0.25) is 0 Å². The molecule has 1 amide bonds. The lowest BCUT2D eigenvalue weighted by Gasteiger charge is -2.14. The minimum atomic E-state index is -4.43. The number of rotatable bonds is 5. The van der Waals surface area contributed by atoms with Gasteiger partial charge in [0.1, 0.15) is 17.6 Å². The highest BCUT2D eigenvalue weighted by Crippen LogP contribution is 2.28. The Morgan fingerprint density at radius 1 is 1.36 bits per heavy atom. The Morgan fingerprint density at radius 2 is 2.14 bits per heavy atom. The molecule has 0 aliphatic heterocycles. The maximum Gasteiger partial charge on any atom is 0.417 e. The van der Waals surface area contributed by atoms with Crippen LogP contribution in [0, 0.1) is 0 Å². The number of hydrogen-bond donors (Lipinski definition) is 2. The first-order chi connectivity index (χ1) is 10.4. The molecule has 2 N–H and O–H groups in total. The second-order valence-corrected chi connectivity index (χ2v) is 4.59. The number of nitrogens with one attached hydrogen (secondary N) is 2. The molecule has 0 saturated carbocycles. The quantitative estimate of drug-likeness (QED) is 0.891. The number of halogens is 3. The number of pyridine rings is 1. The van der Waals surface area contributed by atoms with Crippen LogP contribution >= 0.6 is 0 Å². The van der Waals surface area contributed by atoms with E-state index in [1.165, 1.54) is 12.3 Å². The van der Waals surface area contributed by atoms with E-state index < -0.39 is 17.8 Å². The van der Waals surface area contributed by atoms with Gasteiger partial charge in [-0.05, 0) is 31.2 Å². The fourth-order valence-corrected chi connectivity index (χ4v) is 1.67. The van der Waals surface area contributed by atoms with Gasteiger partial charge in [-0.15, -0.1) is 0 Å². The molecule has 2 rings (SSSR count). The summed E-state index contributed by atoms with van der Waals surface area (Å²) in [4.78, 5) is 15.5. The third kappa shape index (κ3) is 4.24. The van der Waals surface area contributed by atoms with Crippen LogP contribution in [-0.2, 0) is 17.5 Å². The van der Waals surface area contributed by atoms with Crippen molar-refractivity contribution in [3.05, 3.63) is 48.0 Å². The predicted octanol–water partition coefficient (Wildman–Crippen LogP) is 2.81. The number of carbonyl (C=O) groups is 1. The van der Waals surface area contributed by atoms with Crippen molar-refractivity contribution < 1.29 is 22.4 Å². The summed E-state index contributed by atoms with van der Waals surface area (Å²) >= 11 is 0. The van der Waals surface area contributed by atoms with Crippen molar-refractivity contribution in [2.75, 3.05) is 5.32 Å². The van der Waals surface area contributed by atoms with E-state index in [1.807, 2.05) is 0 Å². The number of aromatic nitrogens is 1. The monoisotopic (exact) mass is 313 g/mol. The van der Waals surface area contributed by atoms with Gasteiger partial charge in [0.2, 0.25) is 5.91 Å². The Kier molecular flexibility index (Phi) is 4.69. The van der Waals surface area contributed by atoms with Gasteiger partial charge in [0.15, 0.2) is 0 Å². The van der Waals surface area contributed by atoms with Crippen molar-refractivity contribution >= 4 is 11.7 Å². The van der Waals surface area contributed by atoms with E-state index in [9.17, 15) is 18.0 Å². The molecule has 0 spiro atoms. The molecular formula is C14H14F3N3O2. The van der Waals surface area contributed by atoms with Gasteiger partial charge < -0.3 is 15.1 Å². The molecule has 0 bridgehead atoms. The predicted molar refractivity (Wildman–Crippen MR) is 72.9 cm³/mol. The van der Waals surface area contributed by atoms with Gasteiger partial charge in [0.25, 0.3) is 0 Å². The zero-order chi connectivity index (χ0) is 16.2. The van der Waals surface area contributed by atoms with Crippen LogP contribution in [0.3, 0.4) is 0 Å². The number of carbonyl (C=O) groups excluding carboxylic acids is 1. The van der Waals surface area contributed by atoms with Crippen molar-refractivity contribution in [2.45, 2.75) is 25.7 Å². The van der Waals surface area contributed by atoms with Gasteiger partial charge in [-0.1, -0.05) is 0 Å². The summed E-state index contributed by atoms with van der Waals surface area (Å²) in [7, 11) is 0. The highest BCUT2D eigenvalue weighted by molar-refractivity contribution is 5.83. The smallest absolute Gasteiger partial charge is 0.417 e. The van der Waals surface area contributed by atoms with Crippen molar-refractivity contribution in [3.8, 4) is 0 Å². The highest BCUT2D eigenvalue weighted by Gasteiger charge is 2.30. The molecule has 8 heteroatoms. The van der Waals surface area contributed by atoms with E-state index in [4.69, 9.17) is 4.42 Å². The lowest BCUT2D eigenvalue weighted by molar-refractivity contribution is -0.137. The molecule has 0 aliphatic rings. The average Bonchev–Trinajstić information content (AvgIpc) is 2.97. The average molecular weight is 313 g/mol. The minimum absolute atomic E-state index is 0.189. The Labute approximate surface area is 124 Å². The lowest BCUT2D eigenvalue weighted by Crippen LogP contribution is -2.37. The van der Waals surface area contributed by atoms with E-state index in [0.717, 1.165) is 12.3 Å². The molecule has 0 aliphatic carbocycles. The van der Waals surface area contributed by atoms with Gasteiger partial charge in [-0.2, -0.15) is 13.2 Å². The van der Waals surface area contributed by atoms with Crippen molar-refractivity contribution in [2.24, 2.45) is 0 Å². The summed E-state index contributed by atoms with van der Waals surface area (Å²) in [5.74, 6) is 0.472. The van der Waals surface area contributed by atoms with E-state index in [0.29, 0.717) is 5.76 Å². The summed E-state index contributed by atoms with van der Waals surface area (Å²) in [6.45, 7) is 1.81. The Morgan fingerprint density at radius 3 is 2.68 bits per heavy atom. The maximum atomic E-state index is 12.4. The zero-order valence-electron chi connectivity index (χ0n) is 11.6. The lowest BCUT2D eigenvalue weighted by atomic mass is 10.2. The first-order valence-electron chi connectivity index (χ1n) is 6.46. The molecular weight excluding hydrogens is 299 g/mol. The van der Waals surface area contributed by atoms with Crippen molar-refractivity contribution in [3.63, 3.8) is 0 Å². The molecule has 0 radical (unpaired) electrons. The number of amides is 1. The molecule has 2 aromatic rings. The van der Waals surface area contributed by atoms with Gasteiger partial charge in [0.05, 0.1) is 18.4 Å². The van der Waals surface area contributed by atoms with Gasteiger partial charge in [-0.25, -0.2) is 4.98 Å². The van der Waals surface area contributed by atoms with Gasteiger partial charge >= 0.3 is 6.18 Å². The SMILES string of the molecule is CC(Nc1ccc(C(F)(F)F)cn1)C(=O)NCc1ccco1. The van der Waals surface area contributed by atoms with Crippen molar-refractivity contribution in [1.29, 1.82) is 0 Å². The van der Waals surface area contributed by atoms with Crippen LogP contribution in [0.15, 0.2) is 41.1 Å². The Hall–Kier alpha value is -2.51. The Balaban J connectivity index is 1.88. The summed E-state index contributed by atoms with van der Waals surface area (Å²) in [5, 5.41) is 5.37. The summed E-state index contributed by atoms with van der Waals surface area (Å²) in [5.41, 5.74) is -0.840. The fraction of sp³-hybridized carbons (Fsp3) is 0.286. The molecule has 1 unspecified atom stereocenters. The van der Waals surface area contributed by atoms with E-state index in [-0.39, 0.29) is 18.3 Å². The molecule has 0 aromatic carbocycles. The summed E-state index contributed by atoms with van der Waals surface area (Å²) < 4.78 is 42.3. The second kappa shape index (κ2) is 6.50. The van der Waals surface area contributed by atoms with E-state index in [1.54, 1.807) is 19.1 Å². The molecule has 1 atom stereocenters. The van der Waals surface area contributed by atoms with Crippen LogP contribution in [0.25, 0.3) is 0 Å². The number of nitrogens with zero attached hydrogens (tertiary/aromatic N) is 1. The zero-order valence-corrected chi connectivity index (χ0v) is 11.6. The molecule has 118 valence electrons. The second-order valence-electron chi connectivity index (χ2n) is 4.59. The Bertz CT molecular complexity index is 609. The van der Waals surface area contributed by atoms with Crippen LogP contribution < -0.4 is 10.6 Å². The van der Waals surface area contributed by atoms with E-state index >= 15 is 0 Å². The number of anilines is 1. The molecule has 0 saturated heterocycles. The fourth-order valence-electron chi connectivity index (χ4n) is 1.67. The normalized spacial score (nSPS) is 12.7. The first-order valence-corrected chi connectivity index (χ1v) is 6.46. The van der Waals surface area contributed by atoms with Crippen LogP contribution in [0.4, 0.5) is 19.0 Å². The summed E-state index contributed by atoms with van der Waals surface area (Å²) in [6.07, 6.45) is -2.22. The largest absolute Gasteiger partial charge is 0.467 e. The molecule has 2 aromatic heterocycles. The maximum absolute atomic E-state index is 12.4. The summed E-state index contributed by atoms with van der Waals surface area (Å²) in [6, 6.07) is 4.85. The number of furan rings is 1. The first kappa shape index (κ1) is 15.9. The molecule has 22 heavy (non-hydrogen) atoms. The third-order valence-electron chi connectivity index (χ3n) is 2.87. The van der Waals surface area contributed by atoms with Gasteiger partial charge in [-0.3, -0.25) is 4.79 Å².